The molecule has 3 amide bonds. The molecule has 0 bridgehead atoms. The number of carboxylic acids is 1. The monoisotopic (exact) mass is 541 g/mol. The third-order valence-corrected chi connectivity index (χ3v) is 6.38. The van der Waals surface area contributed by atoms with Crippen molar-refractivity contribution >= 4 is 47.2 Å². The van der Waals surface area contributed by atoms with Crippen LogP contribution in [0.1, 0.15) is 18.1 Å². The zero-order chi connectivity index (χ0) is 27.8. The van der Waals surface area contributed by atoms with Gasteiger partial charge in [0.15, 0.2) is 0 Å². The molecule has 8 N–H and O–H groups in total. The number of para-hydroxylation sites is 1. The number of amides is 3. The molecule has 12 heteroatoms. The summed E-state index contributed by atoms with van der Waals surface area (Å²) >= 11 is 3.95. The van der Waals surface area contributed by atoms with Crippen LogP contribution >= 0.6 is 12.6 Å². The molecule has 4 unspecified atom stereocenters. The first-order chi connectivity index (χ1) is 18.1. The number of rotatable bonds is 12. The van der Waals surface area contributed by atoms with E-state index >= 15 is 0 Å². The molecule has 4 atom stereocenters. The maximum atomic E-state index is 12.9. The highest BCUT2D eigenvalue weighted by molar-refractivity contribution is 7.80. The van der Waals surface area contributed by atoms with Crippen LogP contribution in [-0.4, -0.2) is 68.8 Å². The Morgan fingerprint density at radius 3 is 2.24 bits per heavy atom. The average Bonchev–Trinajstić information content (AvgIpc) is 3.30. The van der Waals surface area contributed by atoms with E-state index in [2.05, 4.69) is 33.6 Å². The number of thiol groups is 1. The normalized spacial score (nSPS) is 14.2. The fraction of sp³-hybridized carbons (Fsp3) is 0.308. The second kappa shape index (κ2) is 13.0. The van der Waals surface area contributed by atoms with Gasteiger partial charge in [-0.15, -0.1) is 0 Å². The Bertz CT molecular complexity index is 1290. The summed E-state index contributed by atoms with van der Waals surface area (Å²) < 4.78 is 0. The number of phenols is 1. The van der Waals surface area contributed by atoms with E-state index in [1.807, 2.05) is 24.3 Å². The van der Waals surface area contributed by atoms with E-state index in [4.69, 9.17) is 5.73 Å². The number of aromatic amines is 1. The largest absolute Gasteiger partial charge is 0.508 e. The molecule has 3 rings (SSSR count). The van der Waals surface area contributed by atoms with E-state index in [1.54, 1.807) is 18.3 Å². The van der Waals surface area contributed by atoms with E-state index in [-0.39, 0.29) is 24.3 Å². The number of hydrogen-bond donors (Lipinski definition) is 8. The van der Waals surface area contributed by atoms with Gasteiger partial charge in [0.05, 0.1) is 6.04 Å². The molecular weight excluding hydrogens is 510 g/mol. The minimum atomic E-state index is -1.27. The summed E-state index contributed by atoms with van der Waals surface area (Å²) in [5.74, 6) is -3.33. The predicted octanol–water partition coefficient (Wildman–Crippen LogP) is 0.475. The van der Waals surface area contributed by atoms with Crippen molar-refractivity contribution in [3.63, 3.8) is 0 Å². The summed E-state index contributed by atoms with van der Waals surface area (Å²) in [5, 5.41) is 27.2. The Hall–Kier alpha value is -4.03. The number of aliphatic carboxylic acids is 1. The number of fused-ring (bicyclic) bond motifs is 1. The number of nitrogens with one attached hydrogen (secondary N) is 4. The van der Waals surface area contributed by atoms with Crippen LogP contribution in [0.5, 0.6) is 5.75 Å². The summed E-state index contributed by atoms with van der Waals surface area (Å²) in [5.41, 5.74) is 8.50. The van der Waals surface area contributed by atoms with Crippen LogP contribution in [0.2, 0.25) is 0 Å². The van der Waals surface area contributed by atoms with Gasteiger partial charge >= 0.3 is 5.97 Å². The van der Waals surface area contributed by atoms with Crippen molar-refractivity contribution in [2.45, 2.75) is 43.9 Å². The number of aromatic hydroxyl groups is 1. The fourth-order valence-electron chi connectivity index (χ4n) is 3.85. The van der Waals surface area contributed by atoms with Crippen LogP contribution in [-0.2, 0) is 32.0 Å². The zero-order valence-corrected chi connectivity index (χ0v) is 21.6. The summed E-state index contributed by atoms with van der Waals surface area (Å²) in [4.78, 5) is 53.0. The van der Waals surface area contributed by atoms with Gasteiger partial charge in [-0.3, -0.25) is 14.4 Å². The van der Waals surface area contributed by atoms with E-state index in [1.165, 1.54) is 19.1 Å². The van der Waals surface area contributed by atoms with Gasteiger partial charge in [0.25, 0.3) is 0 Å². The molecule has 38 heavy (non-hydrogen) atoms. The Balaban J connectivity index is 1.65. The van der Waals surface area contributed by atoms with Gasteiger partial charge in [-0.05, 0) is 42.7 Å². The number of phenolic OH excluding ortho intramolecular Hbond substituents is 1. The molecule has 0 fully saturated rings. The van der Waals surface area contributed by atoms with Crippen LogP contribution in [0.25, 0.3) is 10.9 Å². The Kier molecular flexibility index (Phi) is 9.74. The maximum absolute atomic E-state index is 12.9. The van der Waals surface area contributed by atoms with Crippen LogP contribution in [0.3, 0.4) is 0 Å². The quantitative estimate of drug-likeness (QED) is 0.153. The number of carbonyl (C=O) groups excluding carboxylic acids is 3. The highest BCUT2D eigenvalue weighted by Crippen LogP contribution is 2.19. The molecule has 0 saturated heterocycles. The van der Waals surface area contributed by atoms with E-state index in [0.717, 1.165) is 16.5 Å². The lowest BCUT2D eigenvalue weighted by Gasteiger charge is -2.23. The second-order valence-electron chi connectivity index (χ2n) is 8.91. The van der Waals surface area contributed by atoms with E-state index < -0.39 is 47.9 Å². The molecule has 1 aromatic heterocycles. The molecule has 202 valence electrons. The molecule has 2 aromatic carbocycles. The van der Waals surface area contributed by atoms with Crippen molar-refractivity contribution in [3.05, 3.63) is 65.9 Å². The molecular formula is C26H31N5O6S. The number of benzene rings is 2. The van der Waals surface area contributed by atoms with Gasteiger partial charge in [0, 0.05) is 29.3 Å². The Morgan fingerprint density at radius 2 is 1.58 bits per heavy atom. The molecule has 0 aliphatic rings. The number of aromatic nitrogens is 1. The predicted molar refractivity (Wildman–Crippen MR) is 145 cm³/mol. The van der Waals surface area contributed by atoms with Crippen LogP contribution in [0.15, 0.2) is 54.7 Å². The molecule has 0 radical (unpaired) electrons. The fourth-order valence-corrected chi connectivity index (χ4v) is 4.10. The van der Waals surface area contributed by atoms with Crippen molar-refractivity contribution in [3.8, 4) is 5.75 Å². The van der Waals surface area contributed by atoms with Gasteiger partial charge in [0.1, 0.15) is 23.9 Å². The van der Waals surface area contributed by atoms with Gasteiger partial charge in [-0.1, -0.05) is 30.3 Å². The zero-order valence-electron chi connectivity index (χ0n) is 20.7. The van der Waals surface area contributed by atoms with Gasteiger partial charge in [0.2, 0.25) is 17.7 Å². The lowest BCUT2D eigenvalue weighted by molar-refractivity contribution is -0.141. The van der Waals surface area contributed by atoms with Gasteiger partial charge in [-0.25, -0.2) is 4.79 Å². The van der Waals surface area contributed by atoms with Crippen LogP contribution < -0.4 is 21.7 Å². The summed E-state index contributed by atoms with van der Waals surface area (Å²) in [6.45, 7) is 1.45. The van der Waals surface area contributed by atoms with E-state index in [0.29, 0.717) is 5.56 Å². The third-order valence-electron chi connectivity index (χ3n) is 6.01. The molecule has 11 nitrogen and oxygen atoms in total. The molecule has 0 aliphatic carbocycles. The summed E-state index contributed by atoms with van der Waals surface area (Å²) in [6, 6.07) is 9.24. The van der Waals surface area contributed by atoms with Gasteiger partial charge in [-0.2, -0.15) is 12.6 Å². The number of carbonyl (C=O) groups is 4. The Labute approximate surface area is 224 Å². The molecule has 0 aliphatic heterocycles. The lowest BCUT2D eigenvalue weighted by atomic mass is 10.0. The number of carboxylic acid groups (broad SMARTS) is 1. The molecule has 3 aromatic rings. The van der Waals surface area contributed by atoms with Crippen molar-refractivity contribution in [2.75, 3.05) is 5.75 Å². The van der Waals surface area contributed by atoms with Crippen molar-refractivity contribution < 1.29 is 29.4 Å². The van der Waals surface area contributed by atoms with Crippen molar-refractivity contribution in [2.24, 2.45) is 5.73 Å². The summed E-state index contributed by atoms with van der Waals surface area (Å²) in [6.07, 6.45) is 2.05. The topological polar surface area (TPSA) is 187 Å². The lowest BCUT2D eigenvalue weighted by Crippen LogP contribution is -2.57. The summed E-state index contributed by atoms with van der Waals surface area (Å²) in [7, 11) is 0. The number of nitrogens with two attached hydrogens (primary N) is 1. The van der Waals surface area contributed by atoms with Crippen molar-refractivity contribution in [1.29, 1.82) is 0 Å². The first-order valence-electron chi connectivity index (χ1n) is 11.9. The van der Waals surface area contributed by atoms with Crippen LogP contribution in [0.4, 0.5) is 0 Å². The second-order valence-corrected chi connectivity index (χ2v) is 9.28. The highest BCUT2D eigenvalue weighted by Gasteiger charge is 2.28. The minimum Gasteiger partial charge on any atom is -0.508 e. The number of hydrogen-bond acceptors (Lipinski definition) is 7. The first kappa shape index (κ1) is 28.5. The average molecular weight is 542 g/mol. The van der Waals surface area contributed by atoms with Gasteiger partial charge < -0.3 is 36.9 Å². The SMILES string of the molecule is CC(NC(=O)C(N)Cc1c[nH]c2ccccc12)C(=O)NC(Cc1ccc(O)cc1)C(=O)NC(CS)C(=O)O. The minimum absolute atomic E-state index is 0.0114. The Morgan fingerprint density at radius 1 is 0.921 bits per heavy atom. The molecule has 0 spiro atoms. The van der Waals surface area contributed by atoms with E-state index in [9.17, 15) is 29.4 Å². The third kappa shape index (κ3) is 7.49. The number of H-pyrrole nitrogens is 1. The first-order valence-corrected chi connectivity index (χ1v) is 12.6. The standard InChI is InChI=1S/C26H31N5O6S/c1-14(29-24(34)19(27)11-16-12-28-20-5-3-2-4-18(16)20)23(33)30-21(10-15-6-8-17(32)9-7-15)25(35)31-22(13-38)26(36)37/h2-9,12,14,19,21-22,28,32,38H,10-11,13,27H2,1H3,(H,29,34)(H,30,33)(H,31,35)(H,36,37). The molecule has 0 saturated carbocycles. The van der Waals surface area contributed by atoms with Crippen LogP contribution in [0, 0.1) is 0 Å². The van der Waals surface area contributed by atoms with Crippen molar-refractivity contribution in [1.82, 2.24) is 20.9 Å². The maximum Gasteiger partial charge on any atom is 0.327 e. The smallest absolute Gasteiger partial charge is 0.327 e. The molecule has 1 heterocycles. The highest BCUT2D eigenvalue weighted by atomic mass is 32.1.